The molecule has 1 fully saturated rings. The molecule has 0 bridgehead atoms. The Labute approximate surface area is 108 Å². The predicted molar refractivity (Wildman–Crippen MR) is 71.5 cm³/mol. The molecule has 1 amide bonds. The zero-order valence-electron chi connectivity index (χ0n) is 11.1. The third kappa shape index (κ3) is 2.34. The van der Waals surface area contributed by atoms with Crippen LogP contribution >= 0.6 is 0 Å². The Kier molecular flexibility index (Phi) is 3.57. The number of aryl methyl sites for hydroxylation is 1. The topological polar surface area (TPSA) is 55.6 Å². The van der Waals surface area contributed by atoms with Crippen LogP contribution in [0.4, 0.5) is 5.69 Å². The summed E-state index contributed by atoms with van der Waals surface area (Å²) < 4.78 is 5.45. The van der Waals surface area contributed by atoms with Gasteiger partial charge in [0, 0.05) is 11.3 Å². The molecule has 0 spiro atoms. The average Bonchev–Trinajstić information content (AvgIpc) is 2.32. The van der Waals surface area contributed by atoms with Gasteiger partial charge in [0.2, 0.25) is 0 Å². The molecule has 2 unspecified atom stereocenters. The molecule has 1 aliphatic heterocycles. The molecule has 1 aliphatic rings. The van der Waals surface area contributed by atoms with Crippen LogP contribution in [0.15, 0.2) is 18.2 Å². The summed E-state index contributed by atoms with van der Waals surface area (Å²) in [4.78, 5) is 14.5. The zero-order valence-corrected chi connectivity index (χ0v) is 11.1. The molecule has 98 valence electrons. The van der Waals surface area contributed by atoms with E-state index in [1.54, 1.807) is 6.07 Å². The average molecular weight is 248 g/mol. The molecule has 18 heavy (non-hydrogen) atoms. The Hall–Kier alpha value is -1.55. The maximum Gasteiger partial charge on any atom is 0.254 e. The van der Waals surface area contributed by atoms with Crippen molar-refractivity contribution in [1.29, 1.82) is 0 Å². The molecule has 1 saturated heterocycles. The minimum atomic E-state index is 0.0445. The van der Waals surface area contributed by atoms with E-state index in [9.17, 15) is 4.79 Å². The van der Waals surface area contributed by atoms with Gasteiger partial charge in [0.05, 0.1) is 25.3 Å². The lowest BCUT2D eigenvalue weighted by Crippen LogP contribution is -2.52. The minimum absolute atomic E-state index is 0.0445. The molecule has 4 heteroatoms. The van der Waals surface area contributed by atoms with Gasteiger partial charge in [-0.15, -0.1) is 0 Å². The maximum atomic E-state index is 12.6. The van der Waals surface area contributed by atoms with Crippen molar-refractivity contribution in [3.63, 3.8) is 0 Å². The van der Waals surface area contributed by atoms with Crippen molar-refractivity contribution < 1.29 is 9.53 Å². The summed E-state index contributed by atoms with van der Waals surface area (Å²) in [7, 11) is 0. The van der Waals surface area contributed by atoms with Crippen LogP contribution in [0.1, 0.15) is 29.8 Å². The quantitative estimate of drug-likeness (QED) is 0.771. The molecule has 4 nitrogen and oxygen atoms in total. The van der Waals surface area contributed by atoms with Gasteiger partial charge in [-0.2, -0.15) is 0 Å². The molecular formula is C14H20N2O2. The van der Waals surface area contributed by atoms with Crippen molar-refractivity contribution in [2.45, 2.75) is 32.9 Å². The number of nitrogen functional groups attached to an aromatic ring is 1. The van der Waals surface area contributed by atoms with Crippen molar-refractivity contribution >= 4 is 11.6 Å². The fourth-order valence-corrected chi connectivity index (χ4v) is 2.41. The minimum Gasteiger partial charge on any atom is -0.399 e. The Morgan fingerprint density at radius 2 is 1.94 bits per heavy atom. The normalized spacial score (nSPS) is 24.1. The molecule has 0 aromatic heterocycles. The van der Waals surface area contributed by atoms with E-state index >= 15 is 0 Å². The molecule has 2 atom stereocenters. The number of nitrogens with two attached hydrogens (primary N) is 1. The number of carbonyl (C=O) groups is 1. The van der Waals surface area contributed by atoms with Crippen LogP contribution in [0, 0.1) is 6.92 Å². The van der Waals surface area contributed by atoms with Crippen LogP contribution in [-0.2, 0) is 4.74 Å². The lowest BCUT2D eigenvalue weighted by atomic mass is 10.0. The lowest BCUT2D eigenvalue weighted by Gasteiger charge is -2.39. The second-order valence-electron chi connectivity index (χ2n) is 5.02. The number of benzene rings is 1. The van der Waals surface area contributed by atoms with Crippen molar-refractivity contribution in [2.24, 2.45) is 0 Å². The Balaban J connectivity index is 2.32. The first kappa shape index (κ1) is 12.9. The largest absolute Gasteiger partial charge is 0.399 e. The smallest absolute Gasteiger partial charge is 0.254 e. The van der Waals surface area contributed by atoms with Gasteiger partial charge < -0.3 is 15.4 Å². The summed E-state index contributed by atoms with van der Waals surface area (Å²) in [6.45, 7) is 7.14. The molecule has 0 saturated carbocycles. The standard InChI is InChI=1S/C14H20N2O2/c1-9-4-5-12(15)6-13(9)14(17)16-10(2)7-18-8-11(16)3/h4-6,10-11H,7-8,15H2,1-3H3. The molecule has 2 N–H and O–H groups in total. The summed E-state index contributed by atoms with van der Waals surface area (Å²) in [5.41, 5.74) is 8.04. The molecule has 1 heterocycles. The van der Waals surface area contributed by atoms with E-state index in [2.05, 4.69) is 0 Å². The van der Waals surface area contributed by atoms with E-state index in [-0.39, 0.29) is 18.0 Å². The van der Waals surface area contributed by atoms with Gasteiger partial charge in [-0.3, -0.25) is 4.79 Å². The van der Waals surface area contributed by atoms with Gasteiger partial charge in [-0.05, 0) is 38.5 Å². The molecule has 2 rings (SSSR count). The van der Waals surface area contributed by atoms with Crippen LogP contribution in [0.2, 0.25) is 0 Å². The van der Waals surface area contributed by atoms with E-state index < -0.39 is 0 Å². The van der Waals surface area contributed by atoms with E-state index in [4.69, 9.17) is 10.5 Å². The maximum absolute atomic E-state index is 12.6. The number of rotatable bonds is 1. The first-order valence-corrected chi connectivity index (χ1v) is 6.27. The molecular weight excluding hydrogens is 228 g/mol. The molecule has 1 aromatic rings. The Morgan fingerprint density at radius 3 is 2.56 bits per heavy atom. The van der Waals surface area contributed by atoms with E-state index in [1.807, 2.05) is 37.8 Å². The fraction of sp³-hybridized carbons (Fsp3) is 0.500. The summed E-state index contributed by atoms with van der Waals surface area (Å²) >= 11 is 0. The molecule has 1 aromatic carbocycles. The van der Waals surface area contributed by atoms with Crippen LogP contribution < -0.4 is 5.73 Å². The van der Waals surface area contributed by atoms with Gasteiger partial charge in [0.25, 0.3) is 5.91 Å². The fourth-order valence-electron chi connectivity index (χ4n) is 2.41. The van der Waals surface area contributed by atoms with Crippen LogP contribution in [-0.4, -0.2) is 36.1 Å². The van der Waals surface area contributed by atoms with E-state index in [0.29, 0.717) is 24.5 Å². The highest BCUT2D eigenvalue weighted by atomic mass is 16.5. The number of carbonyl (C=O) groups excluding carboxylic acids is 1. The number of morpholine rings is 1. The number of ether oxygens (including phenoxy) is 1. The van der Waals surface area contributed by atoms with Gasteiger partial charge in [-0.1, -0.05) is 6.07 Å². The summed E-state index contributed by atoms with van der Waals surface area (Å²) in [6.07, 6.45) is 0. The Morgan fingerprint density at radius 1 is 1.33 bits per heavy atom. The summed E-state index contributed by atoms with van der Waals surface area (Å²) in [5.74, 6) is 0.0445. The summed E-state index contributed by atoms with van der Waals surface area (Å²) in [5, 5.41) is 0. The third-order valence-corrected chi connectivity index (χ3v) is 3.39. The predicted octanol–water partition coefficient (Wildman–Crippen LogP) is 1.83. The van der Waals surface area contributed by atoms with Crippen molar-refractivity contribution in [3.05, 3.63) is 29.3 Å². The highest BCUT2D eigenvalue weighted by Crippen LogP contribution is 2.20. The number of amides is 1. The third-order valence-electron chi connectivity index (χ3n) is 3.39. The number of hydrogen-bond acceptors (Lipinski definition) is 3. The van der Waals surface area contributed by atoms with Crippen molar-refractivity contribution in [1.82, 2.24) is 4.90 Å². The highest BCUT2D eigenvalue weighted by molar-refractivity contribution is 5.97. The van der Waals surface area contributed by atoms with Crippen LogP contribution in [0.3, 0.4) is 0 Å². The molecule has 0 radical (unpaired) electrons. The van der Waals surface area contributed by atoms with Crippen molar-refractivity contribution in [3.8, 4) is 0 Å². The monoisotopic (exact) mass is 248 g/mol. The number of hydrogen-bond donors (Lipinski definition) is 1. The highest BCUT2D eigenvalue weighted by Gasteiger charge is 2.30. The molecule has 0 aliphatic carbocycles. The van der Waals surface area contributed by atoms with Crippen LogP contribution in [0.5, 0.6) is 0 Å². The van der Waals surface area contributed by atoms with Gasteiger partial charge >= 0.3 is 0 Å². The summed E-state index contributed by atoms with van der Waals surface area (Å²) in [6, 6.07) is 5.66. The first-order valence-electron chi connectivity index (χ1n) is 6.27. The first-order chi connectivity index (χ1) is 8.50. The van der Waals surface area contributed by atoms with Crippen LogP contribution in [0.25, 0.3) is 0 Å². The second kappa shape index (κ2) is 4.98. The zero-order chi connectivity index (χ0) is 13.3. The second-order valence-corrected chi connectivity index (χ2v) is 5.02. The number of nitrogens with zero attached hydrogens (tertiary/aromatic N) is 1. The van der Waals surface area contributed by atoms with Gasteiger partial charge in [0.15, 0.2) is 0 Å². The van der Waals surface area contributed by atoms with E-state index in [1.165, 1.54) is 0 Å². The van der Waals surface area contributed by atoms with Crippen molar-refractivity contribution in [2.75, 3.05) is 18.9 Å². The lowest BCUT2D eigenvalue weighted by molar-refractivity contribution is -0.0249. The van der Waals surface area contributed by atoms with Gasteiger partial charge in [-0.25, -0.2) is 0 Å². The van der Waals surface area contributed by atoms with E-state index in [0.717, 1.165) is 5.56 Å². The van der Waals surface area contributed by atoms with Gasteiger partial charge in [0.1, 0.15) is 0 Å². The Bertz CT molecular complexity index is 449. The number of anilines is 1. The SMILES string of the molecule is Cc1ccc(N)cc1C(=O)N1C(C)COCC1C.